The number of carbonyl (C=O) groups is 2. The molecule has 0 radical (unpaired) electrons. The number of esters is 1. The lowest BCUT2D eigenvalue weighted by atomic mass is 9.79. The molecule has 0 bridgehead atoms. The third-order valence-corrected chi connectivity index (χ3v) is 7.09. The number of nitriles is 1. The summed E-state index contributed by atoms with van der Waals surface area (Å²) < 4.78 is 19.8. The first kappa shape index (κ1) is 22.9. The Morgan fingerprint density at radius 3 is 2.67 bits per heavy atom. The van der Waals surface area contributed by atoms with E-state index in [0.717, 1.165) is 34.5 Å². The van der Waals surface area contributed by atoms with Crippen LogP contribution in [0.4, 0.5) is 10.1 Å². The molecule has 170 valence electrons. The minimum atomic E-state index is -0.447. The van der Waals surface area contributed by atoms with E-state index in [4.69, 9.17) is 15.0 Å². The highest BCUT2D eigenvalue weighted by Crippen LogP contribution is 2.41. The number of thiazole rings is 1. The van der Waals surface area contributed by atoms with Gasteiger partial charge in [-0.15, -0.1) is 11.3 Å². The number of anilines is 1. The highest BCUT2D eigenvalue weighted by molar-refractivity contribution is 7.18. The van der Waals surface area contributed by atoms with Gasteiger partial charge in [-0.2, -0.15) is 5.26 Å². The van der Waals surface area contributed by atoms with Gasteiger partial charge < -0.3 is 9.64 Å². The fraction of sp³-hybridized carbons (Fsp3) is 0.360. The summed E-state index contributed by atoms with van der Waals surface area (Å²) in [7, 11) is 0. The molecule has 1 amide bonds. The van der Waals surface area contributed by atoms with Gasteiger partial charge in [0.15, 0.2) is 6.61 Å². The van der Waals surface area contributed by atoms with Crippen molar-refractivity contribution in [3.63, 3.8) is 0 Å². The van der Waals surface area contributed by atoms with E-state index in [2.05, 4.69) is 0 Å². The van der Waals surface area contributed by atoms with Gasteiger partial charge in [-0.25, -0.2) is 9.37 Å². The Bertz CT molecular complexity index is 1140. The van der Waals surface area contributed by atoms with Crippen LogP contribution in [0.2, 0.25) is 0 Å². The third kappa shape index (κ3) is 5.37. The van der Waals surface area contributed by atoms with E-state index in [0.29, 0.717) is 12.1 Å². The average molecular weight is 466 g/mol. The normalized spacial score (nSPS) is 17.9. The summed E-state index contributed by atoms with van der Waals surface area (Å²) in [6.45, 7) is -0.291. The number of ether oxygens (including phenoxy) is 1. The Kier molecular flexibility index (Phi) is 7.30. The zero-order chi connectivity index (χ0) is 23.2. The number of hydrogen-bond acceptors (Lipinski definition) is 6. The van der Waals surface area contributed by atoms with Crippen molar-refractivity contribution in [2.24, 2.45) is 5.92 Å². The molecular formula is C25H24FN3O3S. The predicted molar refractivity (Wildman–Crippen MR) is 124 cm³/mol. The van der Waals surface area contributed by atoms with Crippen molar-refractivity contribution in [3.8, 4) is 6.07 Å². The van der Waals surface area contributed by atoms with Crippen molar-refractivity contribution in [1.29, 1.82) is 5.26 Å². The summed E-state index contributed by atoms with van der Waals surface area (Å²) in [5.74, 6) is -1.63. The Balaban J connectivity index is 1.44. The van der Waals surface area contributed by atoms with Crippen molar-refractivity contribution < 1.29 is 18.7 Å². The summed E-state index contributed by atoms with van der Waals surface area (Å²) in [6, 6.07) is 15.4. The second-order valence-electron chi connectivity index (χ2n) is 8.05. The number of nitrogens with zero attached hydrogens (tertiary/aromatic N) is 3. The molecule has 0 spiro atoms. The largest absolute Gasteiger partial charge is 0.455 e. The Morgan fingerprint density at radius 2 is 1.91 bits per heavy atom. The minimum Gasteiger partial charge on any atom is -0.455 e. The van der Waals surface area contributed by atoms with Crippen LogP contribution in [0.5, 0.6) is 0 Å². The van der Waals surface area contributed by atoms with Crippen LogP contribution in [-0.4, -0.2) is 30.0 Å². The standard InChI is InChI=1S/C25H24FN3O3S/c26-17-10-12-18(13-11-17)29(15-5-14-27)23(30)16-32-25(31)20-7-2-1-6-19(20)24-28-21-8-3-4-9-22(21)33-24/h3-4,8-13,19-20H,1-2,5-7,15-16H2. The summed E-state index contributed by atoms with van der Waals surface area (Å²) in [5, 5.41) is 9.86. The van der Waals surface area contributed by atoms with E-state index in [-0.39, 0.29) is 24.8 Å². The predicted octanol–water partition coefficient (Wildman–Crippen LogP) is 5.20. The Labute approximate surface area is 195 Å². The first-order valence-electron chi connectivity index (χ1n) is 11.0. The molecule has 1 saturated carbocycles. The number of fused-ring (bicyclic) bond motifs is 1. The number of amides is 1. The molecule has 33 heavy (non-hydrogen) atoms. The van der Waals surface area contributed by atoms with Crippen LogP contribution in [0.1, 0.15) is 43.0 Å². The lowest BCUT2D eigenvalue weighted by Crippen LogP contribution is -2.37. The number of hydrogen-bond donors (Lipinski definition) is 0. The number of halogens is 1. The van der Waals surface area contributed by atoms with Crippen molar-refractivity contribution in [1.82, 2.24) is 4.98 Å². The zero-order valence-electron chi connectivity index (χ0n) is 18.1. The molecule has 0 aliphatic heterocycles. The van der Waals surface area contributed by atoms with E-state index in [1.54, 1.807) is 11.3 Å². The highest BCUT2D eigenvalue weighted by atomic mass is 32.1. The van der Waals surface area contributed by atoms with Crippen molar-refractivity contribution in [2.45, 2.75) is 38.0 Å². The highest BCUT2D eigenvalue weighted by Gasteiger charge is 2.35. The van der Waals surface area contributed by atoms with Gasteiger partial charge in [0.05, 0.1) is 33.6 Å². The molecule has 1 heterocycles. The molecule has 0 saturated heterocycles. The molecule has 1 aliphatic carbocycles. The number of rotatable bonds is 7. The molecule has 8 heteroatoms. The van der Waals surface area contributed by atoms with Crippen molar-refractivity contribution >= 4 is 39.1 Å². The summed E-state index contributed by atoms with van der Waals surface area (Å²) in [4.78, 5) is 31.9. The van der Waals surface area contributed by atoms with E-state index >= 15 is 0 Å². The molecule has 0 N–H and O–H groups in total. The number of benzene rings is 2. The first-order valence-corrected chi connectivity index (χ1v) is 11.8. The molecule has 3 aromatic rings. The molecule has 1 aromatic heterocycles. The lowest BCUT2D eigenvalue weighted by molar-refractivity contribution is -0.153. The van der Waals surface area contributed by atoms with Crippen LogP contribution in [-0.2, 0) is 14.3 Å². The topological polar surface area (TPSA) is 83.3 Å². The van der Waals surface area contributed by atoms with Gasteiger partial charge in [-0.3, -0.25) is 9.59 Å². The second-order valence-corrected chi connectivity index (χ2v) is 9.12. The number of para-hydroxylation sites is 1. The molecule has 1 fully saturated rings. The van der Waals surface area contributed by atoms with E-state index in [1.165, 1.54) is 29.2 Å². The lowest BCUT2D eigenvalue weighted by Gasteiger charge is -2.29. The van der Waals surface area contributed by atoms with Gasteiger partial charge in [-0.1, -0.05) is 25.0 Å². The SMILES string of the molecule is N#CCCN(C(=O)COC(=O)C1CCCCC1c1nc2ccccc2s1)c1ccc(F)cc1. The van der Waals surface area contributed by atoms with Gasteiger partial charge in [-0.05, 0) is 49.2 Å². The maximum atomic E-state index is 13.3. The Morgan fingerprint density at radius 1 is 1.15 bits per heavy atom. The molecule has 1 aliphatic rings. The molecule has 6 nitrogen and oxygen atoms in total. The smallest absolute Gasteiger partial charge is 0.310 e. The maximum absolute atomic E-state index is 13.3. The Hall–Kier alpha value is -3.31. The minimum absolute atomic E-state index is 0.0226. The van der Waals surface area contributed by atoms with Gasteiger partial charge in [0, 0.05) is 18.2 Å². The van der Waals surface area contributed by atoms with Crippen molar-refractivity contribution in [2.75, 3.05) is 18.1 Å². The van der Waals surface area contributed by atoms with Gasteiger partial charge in [0.2, 0.25) is 0 Å². The molecule has 2 atom stereocenters. The number of aromatic nitrogens is 1. The average Bonchev–Trinajstić information content (AvgIpc) is 3.28. The van der Waals surface area contributed by atoms with Crippen LogP contribution < -0.4 is 4.90 Å². The fourth-order valence-corrected chi connectivity index (χ4v) is 5.42. The summed E-state index contributed by atoms with van der Waals surface area (Å²) in [6.07, 6.45) is 3.62. The van der Waals surface area contributed by atoms with E-state index < -0.39 is 24.3 Å². The van der Waals surface area contributed by atoms with Crippen molar-refractivity contribution in [3.05, 3.63) is 59.4 Å². The second kappa shape index (κ2) is 10.5. The summed E-state index contributed by atoms with van der Waals surface area (Å²) in [5.41, 5.74) is 1.38. The molecule has 2 aromatic carbocycles. The first-order chi connectivity index (χ1) is 16.1. The maximum Gasteiger partial charge on any atom is 0.310 e. The van der Waals surface area contributed by atoms with E-state index in [9.17, 15) is 14.0 Å². The third-order valence-electron chi connectivity index (χ3n) is 5.92. The molecule has 4 rings (SSSR count). The molecular weight excluding hydrogens is 441 g/mol. The fourth-order valence-electron chi connectivity index (χ4n) is 4.26. The van der Waals surface area contributed by atoms with Crippen LogP contribution >= 0.6 is 11.3 Å². The van der Waals surface area contributed by atoms with E-state index in [1.807, 2.05) is 30.3 Å². The zero-order valence-corrected chi connectivity index (χ0v) is 18.9. The molecule has 2 unspecified atom stereocenters. The summed E-state index contributed by atoms with van der Waals surface area (Å²) >= 11 is 1.61. The van der Waals surface area contributed by atoms with Crippen LogP contribution in [0.3, 0.4) is 0 Å². The van der Waals surface area contributed by atoms with Gasteiger partial charge in [0.25, 0.3) is 5.91 Å². The number of carbonyl (C=O) groups excluding carboxylic acids is 2. The monoisotopic (exact) mass is 465 g/mol. The van der Waals surface area contributed by atoms with Gasteiger partial charge in [0.1, 0.15) is 5.82 Å². The van der Waals surface area contributed by atoms with Crippen LogP contribution in [0.15, 0.2) is 48.5 Å². The van der Waals surface area contributed by atoms with Crippen LogP contribution in [0.25, 0.3) is 10.2 Å². The van der Waals surface area contributed by atoms with Crippen LogP contribution in [0, 0.1) is 23.1 Å². The quantitative estimate of drug-likeness (QED) is 0.448. The van der Waals surface area contributed by atoms with Gasteiger partial charge >= 0.3 is 5.97 Å².